The van der Waals surface area contributed by atoms with Crippen LogP contribution in [0.3, 0.4) is 0 Å². The molecule has 1 fully saturated rings. The molecule has 0 aliphatic carbocycles. The maximum absolute atomic E-state index is 12.6. The van der Waals surface area contributed by atoms with Crippen LogP contribution in [0.2, 0.25) is 0 Å². The number of aromatic nitrogens is 2. The molecule has 0 saturated carbocycles. The zero-order chi connectivity index (χ0) is 12.8. The number of hydrogen-bond acceptors (Lipinski definition) is 4. The van der Waals surface area contributed by atoms with Crippen LogP contribution in [-0.4, -0.2) is 48.0 Å². The molecule has 0 amide bonds. The molecule has 2 aliphatic heterocycles. The zero-order valence-corrected chi connectivity index (χ0v) is 11.3. The van der Waals surface area contributed by atoms with Gasteiger partial charge in [0.25, 0.3) is 10.0 Å². The molecule has 1 N–H and O–H groups in total. The molecule has 0 unspecified atom stereocenters. The van der Waals surface area contributed by atoms with Gasteiger partial charge >= 0.3 is 0 Å². The Bertz CT molecular complexity index is 551. The summed E-state index contributed by atoms with van der Waals surface area (Å²) in [7, 11) is -3.38. The first-order chi connectivity index (χ1) is 8.59. The Morgan fingerprint density at radius 2 is 2.28 bits per heavy atom. The van der Waals surface area contributed by atoms with E-state index in [0.717, 1.165) is 25.2 Å². The molecule has 0 aromatic carbocycles. The summed E-state index contributed by atoms with van der Waals surface area (Å²) in [4.78, 5) is 4.22. The Kier molecular flexibility index (Phi) is 2.91. The van der Waals surface area contributed by atoms with E-state index in [-0.39, 0.29) is 6.04 Å². The predicted molar refractivity (Wildman–Crippen MR) is 66.8 cm³/mol. The molecule has 1 atom stereocenters. The van der Waals surface area contributed by atoms with Crippen LogP contribution < -0.4 is 5.32 Å². The highest BCUT2D eigenvalue weighted by molar-refractivity contribution is 7.89. The van der Waals surface area contributed by atoms with Gasteiger partial charge in [-0.15, -0.1) is 0 Å². The number of sulfonamides is 1. The number of nitrogens with one attached hydrogen (secondary N) is 1. The standard InChI is InChI=1S/C11H18N4O2S/c1-9-8-14(6-4-12-9)18(16,17)11-7-13-10-3-2-5-15(10)11/h7,9,12H,2-6,8H2,1H3/t9-/m0/s1. The monoisotopic (exact) mass is 270 g/mol. The first-order valence-corrected chi connectivity index (χ1v) is 7.81. The fraction of sp³-hybridized carbons (Fsp3) is 0.727. The third kappa shape index (κ3) is 1.86. The Hall–Kier alpha value is -0.920. The van der Waals surface area contributed by atoms with Gasteiger partial charge in [0, 0.05) is 38.6 Å². The Labute approximate surface area is 107 Å². The maximum atomic E-state index is 12.6. The molecule has 0 radical (unpaired) electrons. The van der Waals surface area contributed by atoms with Gasteiger partial charge in [-0.05, 0) is 13.3 Å². The van der Waals surface area contributed by atoms with E-state index in [0.29, 0.717) is 24.7 Å². The molecule has 100 valence electrons. The van der Waals surface area contributed by atoms with Crippen molar-refractivity contribution in [1.29, 1.82) is 0 Å². The van der Waals surface area contributed by atoms with Crippen molar-refractivity contribution < 1.29 is 8.42 Å². The average molecular weight is 270 g/mol. The van der Waals surface area contributed by atoms with Crippen molar-refractivity contribution in [3.63, 3.8) is 0 Å². The van der Waals surface area contributed by atoms with E-state index in [4.69, 9.17) is 0 Å². The van der Waals surface area contributed by atoms with Crippen LogP contribution in [0.25, 0.3) is 0 Å². The molecule has 1 aromatic rings. The highest BCUT2D eigenvalue weighted by Crippen LogP contribution is 2.23. The minimum atomic E-state index is -3.38. The predicted octanol–water partition coefficient (Wildman–Crippen LogP) is -0.188. The lowest BCUT2D eigenvalue weighted by Gasteiger charge is -2.30. The van der Waals surface area contributed by atoms with E-state index in [2.05, 4.69) is 10.3 Å². The van der Waals surface area contributed by atoms with Gasteiger partial charge in [0.2, 0.25) is 0 Å². The summed E-state index contributed by atoms with van der Waals surface area (Å²) in [5, 5.41) is 3.62. The molecule has 6 nitrogen and oxygen atoms in total. The lowest BCUT2D eigenvalue weighted by molar-refractivity contribution is 0.308. The van der Waals surface area contributed by atoms with Crippen LogP contribution in [0.5, 0.6) is 0 Å². The van der Waals surface area contributed by atoms with Gasteiger partial charge in [-0.3, -0.25) is 0 Å². The van der Waals surface area contributed by atoms with E-state index >= 15 is 0 Å². The Balaban J connectivity index is 1.94. The molecule has 2 aliphatic rings. The number of aryl methyl sites for hydroxylation is 1. The minimum absolute atomic E-state index is 0.203. The van der Waals surface area contributed by atoms with Crippen LogP contribution in [0.4, 0.5) is 0 Å². The molecular formula is C11H18N4O2S. The maximum Gasteiger partial charge on any atom is 0.260 e. The molecule has 3 rings (SSSR count). The van der Waals surface area contributed by atoms with Gasteiger partial charge in [-0.25, -0.2) is 13.4 Å². The first-order valence-electron chi connectivity index (χ1n) is 6.37. The summed E-state index contributed by atoms with van der Waals surface area (Å²) in [6, 6.07) is 0.203. The van der Waals surface area contributed by atoms with E-state index in [1.807, 2.05) is 11.5 Å². The quantitative estimate of drug-likeness (QED) is 0.809. The van der Waals surface area contributed by atoms with Crippen LogP contribution in [0.1, 0.15) is 19.2 Å². The second-order valence-corrected chi connectivity index (χ2v) is 6.87. The molecule has 1 saturated heterocycles. The topological polar surface area (TPSA) is 67.2 Å². The largest absolute Gasteiger partial charge is 0.318 e. The summed E-state index contributed by atoms with van der Waals surface area (Å²) >= 11 is 0. The molecule has 18 heavy (non-hydrogen) atoms. The van der Waals surface area contributed by atoms with Gasteiger partial charge in [0.15, 0.2) is 5.03 Å². The van der Waals surface area contributed by atoms with Crippen molar-refractivity contribution in [1.82, 2.24) is 19.2 Å². The molecule has 0 bridgehead atoms. The molecule has 7 heteroatoms. The third-order valence-corrected chi connectivity index (χ3v) is 5.49. The van der Waals surface area contributed by atoms with E-state index < -0.39 is 10.0 Å². The van der Waals surface area contributed by atoms with Crippen molar-refractivity contribution in [2.45, 2.75) is 37.4 Å². The fourth-order valence-electron chi connectivity index (χ4n) is 2.68. The van der Waals surface area contributed by atoms with Gasteiger partial charge in [0.1, 0.15) is 5.82 Å². The van der Waals surface area contributed by atoms with Gasteiger partial charge in [-0.1, -0.05) is 0 Å². The smallest absolute Gasteiger partial charge is 0.260 e. The molecule has 0 spiro atoms. The van der Waals surface area contributed by atoms with Crippen molar-refractivity contribution in [3.05, 3.63) is 12.0 Å². The summed E-state index contributed by atoms with van der Waals surface area (Å²) < 4.78 is 28.6. The number of nitrogens with zero attached hydrogens (tertiary/aromatic N) is 3. The average Bonchev–Trinajstić information content (AvgIpc) is 2.90. The second kappa shape index (κ2) is 4.32. The van der Waals surface area contributed by atoms with Crippen molar-refractivity contribution in [3.8, 4) is 0 Å². The van der Waals surface area contributed by atoms with Crippen LogP contribution in [0, 0.1) is 0 Å². The van der Waals surface area contributed by atoms with Gasteiger partial charge in [0.05, 0.1) is 6.20 Å². The van der Waals surface area contributed by atoms with Gasteiger partial charge in [-0.2, -0.15) is 4.31 Å². The summed E-state index contributed by atoms with van der Waals surface area (Å²) in [6.07, 6.45) is 3.38. The van der Waals surface area contributed by atoms with Crippen LogP contribution >= 0.6 is 0 Å². The van der Waals surface area contributed by atoms with Crippen LogP contribution in [-0.2, 0) is 23.0 Å². The van der Waals surface area contributed by atoms with E-state index in [1.54, 1.807) is 4.31 Å². The Morgan fingerprint density at radius 3 is 3.06 bits per heavy atom. The SMILES string of the molecule is C[C@H]1CN(S(=O)(=O)c2cnc3n2CCC3)CCN1. The summed E-state index contributed by atoms with van der Waals surface area (Å²) in [6.45, 7) is 4.55. The number of fused-ring (bicyclic) bond motifs is 1. The lowest BCUT2D eigenvalue weighted by Crippen LogP contribution is -2.51. The summed E-state index contributed by atoms with van der Waals surface area (Å²) in [5.41, 5.74) is 0. The van der Waals surface area contributed by atoms with Crippen molar-refractivity contribution >= 4 is 10.0 Å². The molecule has 1 aromatic heterocycles. The second-order valence-electron chi connectivity index (χ2n) is 4.99. The van der Waals surface area contributed by atoms with Crippen molar-refractivity contribution in [2.24, 2.45) is 0 Å². The number of imidazole rings is 1. The fourth-order valence-corrected chi connectivity index (χ4v) is 4.36. The van der Waals surface area contributed by atoms with Crippen LogP contribution in [0.15, 0.2) is 11.2 Å². The van der Waals surface area contributed by atoms with Crippen molar-refractivity contribution in [2.75, 3.05) is 19.6 Å². The number of rotatable bonds is 2. The lowest BCUT2D eigenvalue weighted by atomic mass is 10.3. The minimum Gasteiger partial charge on any atom is -0.318 e. The third-order valence-electron chi connectivity index (χ3n) is 3.62. The highest BCUT2D eigenvalue weighted by Gasteiger charge is 2.32. The normalized spacial score (nSPS) is 25.3. The highest BCUT2D eigenvalue weighted by atomic mass is 32.2. The summed E-state index contributed by atoms with van der Waals surface area (Å²) in [5.74, 6) is 0.900. The first kappa shape index (κ1) is 12.1. The number of hydrogen-bond donors (Lipinski definition) is 1. The molecule has 3 heterocycles. The number of piperazine rings is 1. The van der Waals surface area contributed by atoms with E-state index in [1.165, 1.54) is 6.20 Å². The molecular weight excluding hydrogens is 252 g/mol. The van der Waals surface area contributed by atoms with E-state index in [9.17, 15) is 8.42 Å². The Morgan fingerprint density at radius 1 is 1.44 bits per heavy atom. The zero-order valence-electron chi connectivity index (χ0n) is 10.5. The van der Waals surface area contributed by atoms with Gasteiger partial charge < -0.3 is 9.88 Å².